The Hall–Kier alpha value is -1.35. The van der Waals surface area contributed by atoms with Gasteiger partial charge in [-0.1, -0.05) is 40.7 Å². The summed E-state index contributed by atoms with van der Waals surface area (Å²) in [6.07, 6.45) is 2.69. The Balaban J connectivity index is 2.92. The highest BCUT2D eigenvalue weighted by molar-refractivity contribution is 5.28. The van der Waals surface area contributed by atoms with Gasteiger partial charge in [-0.2, -0.15) is 0 Å². The van der Waals surface area contributed by atoms with Crippen LogP contribution < -0.4 is 10.1 Å². The second-order valence-electron chi connectivity index (χ2n) is 6.41. The maximum Gasteiger partial charge on any atom is 0.213 e. The lowest BCUT2D eigenvalue weighted by Crippen LogP contribution is -2.23. The normalized spacial score (nSPS) is 11.7. The van der Waals surface area contributed by atoms with Crippen LogP contribution in [0.5, 0.6) is 5.88 Å². The molecule has 0 unspecified atom stereocenters. The molecule has 0 amide bonds. The molecule has 3 nitrogen and oxygen atoms in total. The predicted molar refractivity (Wildman–Crippen MR) is 85.2 cm³/mol. The van der Waals surface area contributed by atoms with Crippen molar-refractivity contribution >= 4 is 0 Å². The largest absolute Gasteiger partial charge is 0.477 e. The quantitative estimate of drug-likeness (QED) is 0.607. The average molecular weight is 276 g/mol. The molecule has 0 aliphatic heterocycles. The molecule has 20 heavy (non-hydrogen) atoms. The van der Waals surface area contributed by atoms with E-state index in [4.69, 9.17) is 4.74 Å². The summed E-state index contributed by atoms with van der Waals surface area (Å²) in [6, 6.07) is 4.65. The summed E-state index contributed by atoms with van der Waals surface area (Å²) in [5.41, 5.74) is 2.30. The van der Waals surface area contributed by atoms with Crippen molar-refractivity contribution in [3.63, 3.8) is 0 Å². The Bertz CT molecular complexity index is 433. The lowest BCUT2D eigenvalue weighted by molar-refractivity contribution is 0.309. The van der Waals surface area contributed by atoms with E-state index in [1.807, 2.05) is 12.1 Å². The number of pyridine rings is 1. The van der Waals surface area contributed by atoms with Crippen molar-refractivity contribution in [2.75, 3.05) is 6.61 Å². The molecule has 1 heterocycles. The Morgan fingerprint density at radius 2 is 2.05 bits per heavy atom. The molecule has 1 aromatic heterocycles. The SMILES string of the molecule is C=CCCOc1cc(CNC(C)C)cc(C(C)(C)C)n1. The van der Waals surface area contributed by atoms with Gasteiger partial charge in [0.05, 0.1) is 12.3 Å². The number of hydrogen-bond acceptors (Lipinski definition) is 3. The summed E-state index contributed by atoms with van der Waals surface area (Å²) in [7, 11) is 0. The summed E-state index contributed by atoms with van der Waals surface area (Å²) >= 11 is 0. The number of aromatic nitrogens is 1. The van der Waals surface area contributed by atoms with Gasteiger partial charge in [-0.25, -0.2) is 4.98 Å². The van der Waals surface area contributed by atoms with Gasteiger partial charge >= 0.3 is 0 Å². The fourth-order valence-corrected chi connectivity index (χ4v) is 1.69. The van der Waals surface area contributed by atoms with Gasteiger partial charge in [0.25, 0.3) is 0 Å². The maximum absolute atomic E-state index is 5.72. The third-order valence-electron chi connectivity index (χ3n) is 2.92. The van der Waals surface area contributed by atoms with Gasteiger partial charge in [0.2, 0.25) is 5.88 Å². The molecule has 0 aliphatic carbocycles. The van der Waals surface area contributed by atoms with Gasteiger partial charge in [-0.05, 0) is 18.1 Å². The molecule has 0 aromatic carbocycles. The molecular formula is C17H28N2O. The van der Waals surface area contributed by atoms with Crippen molar-refractivity contribution in [3.8, 4) is 5.88 Å². The third-order valence-corrected chi connectivity index (χ3v) is 2.92. The molecule has 0 fully saturated rings. The zero-order valence-electron chi connectivity index (χ0n) is 13.5. The molecule has 1 rings (SSSR count). The highest BCUT2D eigenvalue weighted by atomic mass is 16.5. The Kier molecular flexibility index (Phi) is 6.21. The standard InChI is InChI=1S/C17H28N2O/c1-7-8-9-20-16-11-14(12-18-13(2)3)10-15(19-16)17(4,5)6/h7,10-11,13,18H,1,8-9,12H2,2-6H3. The fraction of sp³-hybridized carbons (Fsp3) is 0.588. The minimum atomic E-state index is 0.0182. The molecule has 112 valence electrons. The van der Waals surface area contributed by atoms with Crippen LogP contribution in [-0.2, 0) is 12.0 Å². The van der Waals surface area contributed by atoms with E-state index in [0.29, 0.717) is 18.5 Å². The minimum absolute atomic E-state index is 0.0182. The summed E-state index contributed by atoms with van der Waals surface area (Å²) in [4.78, 5) is 4.62. The molecule has 0 spiro atoms. The first-order chi connectivity index (χ1) is 9.32. The molecular weight excluding hydrogens is 248 g/mol. The van der Waals surface area contributed by atoms with Crippen molar-refractivity contribution in [2.45, 2.75) is 59.0 Å². The molecule has 3 heteroatoms. The van der Waals surface area contributed by atoms with E-state index in [9.17, 15) is 0 Å². The van der Waals surface area contributed by atoms with Crippen molar-refractivity contribution in [1.82, 2.24) is 10.3 Å². The number of rotatable bonds is 7. The highest BCUT2D eigenvalue weighted by Crippen LogP contribution is 2.24. The Morgan fingerprint density at radius 1 is 1.35 bits per heavy atom. The van der Waals surface area contributed by atoms with E-state index in [-0.39, 0.29) is 5.41 Å². The van der Waals surface area contributed by atoms with E-state index in [1.54, 1.807) is 0 Å². The van der Waals surface area contributed by atoms with Crippen LogP contribution in [0.15, 0.2) is 24.8 Å². The summed E-state index contributed by atoms with van der Waals surface area (Å²) in [5.74, 6) is 0.708. The predicted octanol–water partition coefficient (Wildman–Crippen LogP) is 3.83. The topological polar surface area (TPSA) is 34.1 Å². The second kappa shape index (κ2) is 7.44. The molecule has 0 atom stereocenters. The van der Waals surface area contributed by atoms with Crippen LogP contribution in [-0.4, -0.2) is 17.6 Å². The number of hydrogen-bond donors (Lipinski definition) is 1. The molecule has 1 aromatic rings. The van der Waals surface area contributed by atoms with Crippen LogP contribution in [0.2, 0.25) is 0 Å². The highest BCUT2D eigenvalue weighted by Gasteiger charge is 2.17. The van der Waals surface area contributed by atoms with Gasteiger partial charge in [0.1, 0.15) is 0 Å². The smallest absolute Gasteiger partial charge is 0.213 e. The van der Waals surface area contributed by atoms with E-state index in [1.165, 1.54) is 5.56 Å². The molecule has 0 saturated carbocycles. The molecule has 0 radical (unpaired) electrons. The average Bonchev–Trinajstić information content (AvgIpc) is 2.35. The maximum atomic E-state index is 5.72. The van der Waals surface area contributed by atoms with Crippen LogP contribution in [0, 0.1) is 0 Å². The second-order valence-corrected chi connectivity index (χ2v) is 6.41. The lowest BCUT2D eigenvalue weighted by atomic mass is 9.91. The molecule has 0 saturated heterocycles. The van der Waals surface area contributed by atoms with Gasteiger partial charge < -0.3 is 10.1 Å². The minimum Gasteiger partial charge on any atom is -0.477 e. The zero-order chi connectivity index (χ0) is 15.2. The third kappa shape index (κ3) is 5.74. The molecule has 1 N–H and O–H groups in total. The van der Waals surface area contributed by atoms with E-state index >= 15 is 0 Å². The Morgan fingerprint density at radius 3 is 2.60 bits per heavy atom. The number of ether oxygens (including phenoxy) is 1. The summed E-state index contributed by atoms with van der Waals surface area (Å²) in [6.45, 7) is 16.0. The van der Waals surface area contributed by atoms with E-state index in [2.05, 4.69) is 57.6 Å². The van der Waals surface area contributed by atoms with Crippen LogP contribution in [0.4, 0.5) is 0 Å². The Labute approximate surface area is 123 Å². The molecule has 0 aliphatic rings. The monoisotopic (exact) mass is 276 g/mol. The van der Waals surface area contributed by atoms with Crippen LogP contribution in [0.3, 0.4) is 0 Å². The number of nitrogens with one attached hydrogen (secondary N) is 1. The first kappa shape index (κ1) is 16.7. The van der Waals surface area contributed by atoms with Crippen LogP contribution in [0.25, 0.3) is 0 Å². The fourth-order valence-electron chi connectivity index (χ4n) is 1.69. The lowest BCUT2D eigenvalue weighted by Gasteiger charge is -2.20. The molecule has 0 bridgehead atoms. The van der Waals surface area contributed by atoms with Gasteiger partial charge in [-0.3, -0.25) is 0 Å². The summed E-state index contributed by atoms with van der Waals surface area (Å²) in [5, 5.41) is 3.44. The number of nitrogens with zero attached hydrogens (tertiary/aromatic N) is 1. The van der Waals surface area contributed by atoms with E-state index in [0.717, 1.165) is 18.7 Å². The zero-order valence-corrected chi connectivity index (χ0v) is 13.5. The van der Waals surface area contributed by atoms with Gasteiger partial charge in [0.15, 0.2) is 0 Å². The summed E-state index contributed by atoms with van der Waals surface area (Å²) < 4.78 is 5.72. The first-order valence-electron chi connectivity index (χ1n) is 7.31. The van der Waals surface area contributed by atoms with Crippen LogP contribution >= 0.6 is 0 Å². The van der Waals surface area contributed by atoms with E-state index < -0.39 is 0 Å². The van der Waals surface area contributed by atoms with Crippen molar-refractivity contribution in [3.05, 3.63) is 36.0 Å². The van der Waals surface area contributed by atoms with Crippen molar-refractivity contribution < 1.29 is 4.74 Å². The van der Waals surface area contributed by atoms with Gasteiger partial charge in [-0.15, -0.1) is 6.58 Å². The van der Waals surface area contributed by atoms with Crippen molar-refractivity contribution in [2.24, 2.45) is 0 Å². The van der Waals surface area contributed by atoms with Crippen LogP contribution in [0.1, 0.15) is 52.3 Å². The first-order valence-corrected chi connectivity index (χ1v) is 7.31. The van der Waals surface area contributed by atoms with Gasteiger partial charge in [0, 0.05) is 24.1 Å². The van der Waals surface area contributed by atoms with Crippen molar-refractivity contribution in [1.29, 1.82) is 0 Å².